The second kappa shape index (κ2) is 7.30. The number of hydrogen-bond donors (Lipinski definition) is 1. The lowest BCUT2D eigenvalue weighted by Gasteiger charge is -2.28. The molecule has 2 aromatic rings. The molecule has 2 bridgehead atoms. The van der Waals surface area contributed by atoms with Crippen LogP contribution in [0.25, 0.3) is 0 Å². The lowest BCUT2D eigenvalue weighted by molar-refractivity contribution is -0.384. The first kappa shape index (κ1) is 19.4. The van der Waals surface area contributed by atoms with E-state index in [0.717, 1.165) is 17.7 Å². The zero-order chi connectivity index (χ0) is 21.7. The highest BCUT2D eigenvalue weighted by Crippen LogP contribution is 2.61. The number of imide groups is 1. The number of amides is 3. The number of carbonyl (C=O) groups excluding carboxylic acids is 3. The summed E-state index contributed by atoms with van der Waals surface area (Å²) in [6, 6.07) is 15.6. The van der Waals surface area contributed by atoms with Crippen LogP contribution in [0.1, 0.15) is 24.3 Å². The molecule has 2 saturated carbocycles. The molecule has 3 fully saturated rings. The number of nitro groups is 1. The van der Waals surface area contributed by atoms with Crippen molar-refractivity contribution in [2.45, 2.75) is 18.8 Å². The predicted octanol–water partition coefficient (Wildman–Crippen LogP) is 2.96. The zero-order valence-corrected chi connectivity index (χ0v) is 16.6. The zero-order valence-electron chi connectivity index (χ0n) is 16.6. The Morgan fingerprint density at radius 2 is 1.77 bits per heavy atom. The molecule has 3 amide bonds. The lowest BCUT2D eigenvalue weighted by Crippen LogP contribution is -2.39. The Bertz CT molecular complexity index is 1090. The number of anilines is 1. The van der Waals surface area contributed by atoms with Crippen LogP contribution in [-0.2, 0) is 14.4 Å². The van der Waals surface area contributed by atoms with Gasteiger partial charge >= 0.3 is 0 Å². The van der Waals surface area contributed by atoms with E-state index in [9.17, 15) is 24.5 Å². The number of fused-ring (bicyclic) bond motifs is 5. The van der Waals surface area contributed by atoms with Gasteiger partial charge in [-0.25, -0.2) is 0 Å². The highest BCUT2D eigenvalue weighted by atomic mass is 16.6. The summed E-state index contributed by atoms with van der Waals surface area (Å²) in [5, 5.41) is 13.5. The smallest absolute Gasteiger partial charge is 0.271 e. The van der Waals surface area contributed by atoms with Crippen molar-refractivity contribution in [3.05, 3.63) is 70.3 Å². The number of non-ortho nitro benzene ring substituents is 1. The predicted molar refractivity (Wildman–Crippen MR) is 111 cm³/mol. The molecular formula is C23H21N3O5. The second-order valence-electron chi connectivity index (χ2n) is 8.58. The molecule has 158 valence electrons. The third-order valence-corrected chi connectivity index (χ3v) is 6.98. The number of nitrogens with zero attached hydrogens (tertiary/aromatic N) is 2. The maximum Gasteiger partial charge on any atom is 0.271 e. The van der Waals surface area contributed by atoms with Crippen LogP contribution >= 0.6 is 0 Å². The third-order valence-electron chi connectivity index (χ3n) is 6.98. The van der Waals surface area contributed by atoms with Gasteiger partial charge in [-0.2, -0.15) is 0 Å². The van der Waals surface area contributed by atoms with Gasteiger partial charge in [-0.1, -0.05) is 36.4 Å². The summed E-state index contributed by atoms with van der Waals surface area (Å²) in [6.07, 6.45) is 1.77. The Labute approximate surface area is 178 Å². The average Bonchev–Trinajstić information content (AvgIpc) is 3.42. The molecule has 1 heterocycles. The van der Waals surface area contributed by atoms with Gasteiger partial charge in [0.2, 0.25) is 17.7 Å². The van der Waals surface area contributed by atoms with Crippen LogP contribution in [0.2, 0.25) is 0 Å². The van der Waals surface area contributed by atoms with Crippen molar-refractivity contribution in [2.24, 2.45) is 23.7 Å². The Morgan fingerprint density at radius 3 is 2.52 bits per heavy atom. The second-order valence-corrected chi connectivity index (χ2v) is 8.58. The molecule has 2 aliphatic carbocycles. The van der Waals surface area contributed by atoms with Crippen LogP contribution in [0.3, 0.4) is 0 Å². The van der Waals surface area contributed by atoms with Crippen molar-refractivity contribution in [3.8, 4) is 0 Å². The first-order valence-electron chi connectivity index (χ1n) is 10.4. The van der Waals surface area contributed by atoms with Crippen molar-refractivity contribution >= 4 is 29.1 Å². The fourth-order valence-electron chi connectivity index (χ4n) is 5.80. The molecule has 5 rings (SSSR count). The fourth-order valence-corrected chi connectivity index (χ4v) is 5.80. The maximum absolute atomic E-state index is 13.1. The molecular weight excluding hydrogens is 398 g/mol. The first-order chi connectivity index (χ1) is 14.9. The molecule has 0 spiro atoms. The van der Waals surface area contributed by atoms with Crippen LogP contribution < -0.4 is 5.32 Å². The van der Waals surface area contributed by atoms with Crippen molar-refractivity contribution in [1.82, 2.24) is 4.90 Å². The van der Waals surface area contributed by atoms with Gasteiger partial charge in [0.25, 0.3) is 5.69 Å². The van der Waals surface area contributed by atoms with Gasteiger partial charge < -0.3 is 5.32 Å². The van der Waals surface area contributed by atoms with E-state index in [1.165, 1.54) is 29.8 Å². The molecule has 1 aliphatic heterocycles. The van der Waals surface area contributed by atoms with E-state index in [4.69, 9.17) is 0 Å². The topological polar surface area (TPSA) is 110 Å². The summed E-state index contributed by atoms with van der Waals surface area (Å²) in [5.41, 5.74) is 1.31. The standard InChI is InChI=1S/C23H21N3O5/c27-19(24-15-7-4-8-16(11-15)26(30)31)12-25-22(28)20-14-9-17(13-5-2-1-3-6-13)18(10-14)21(20)23(25)29/h1-8,11,14,17-18,20-21H,9-10,12H2,(H,24,27)/t14-,17+,18-,20+,21+/m0/s1. The largest absolute Gasteiger partial charge is 0.324 e. The molecule has 31 heavy (non-hydrogen) atoms. The number of nitrogens with one attached hydrogen (secondary N) is 1. The molecule has 0 unspecified atom stereocenters. The normalized spacial score (nSPS) is 28.6. The highest BCUT2D eigenvalue weighted by molar-refractivity contribution is 6.09. The quantitative estimate of drug-likeness (QED) is 0.455. The van der Waals surface area contributed by atoms with E-state index >= 15 is 0 Å². The molecule has 8 heteroatoms. The van der Waals surface area contributed by atoms with Crippen LogP contribution in [0.4, 0.5) is 11.4 Å². The SMILES string of the molecule is O=C(CN1C(=O)[C@@H]2[C@@H]3C[C@H]([C@H]2C1=O)[C@@H](c1ccccc1)C3)Nc1cccc([N+](=O)[O-])c1. The van der Waals surface area contributed by atoms with E-state index in [1.54, 1.807) is 0 Å². The number of nitro benzene ring substituents is 1. The monoisotopic (exact) mass is 419 g/mol. The number of likely N-dealkylation sites (tertiary alicyclic amines) is 1. The van der Waals surface area contributed by atoms with E-state index in [0.29, 0.717) is 0 Å². The van der Waals surface area contributed by atoms with Gasteiger partial charge in [-0.05, 0) is 42.2 Å². The number of benzene rings is 2. The summed E-state index contributed by atoms with van der Waals surface area (Å²) in [6.45, 7) is -0.372. The Balaban J connectivity index is 1.30. The number of carbonyl (C=O) groups is 3. The molecule has 0 aromatic heterocycles. The van der Waals surface area contributed by atoms with Crippen molar-refractivity contribution in [2.75, 3.05) is 11.9 Å². The van der Waals surface area contributed by atoms with Gasteiger partial charge in [-0.3, -0.25) is 29.4 Å². The first-order valence-corrected chi connectivity index (χ1v) is 10.4. The summed E-state index contributed by atoms with van der Waals surface area (Å²) in [7, 11) is 0. The third kappa shape index (κ3) is 3.19. The van der Waals surface area contributed by atoms with Gasteiger partial charge in [0.1, 0.15) is 6.54 Å². The van der Waals surface area contributed by atoms with Gasteiger partial charge in [-0.15, -0.1) is 0 Å². The van der Waals surface area contributed by atoms with Crippen molar-refractivity contribution in [3.63, 3.8) is 0 Å². The molecule has 8 nitrogen and oxygen atoms in total. The minimum Gasteiger partial charge on any atom is -0.324 e. The minimum atomic E-state index is -0.552. The molecule has 5 atom stereocenters. The van der Waals surface area contributed by atoms with E-state index in [1.807, 2.05) is 18.2 Å². The number of rotatable bonds is 5. The average molecular weight is 419 g/mol. The summed E-state index contributed by atoms with van der Waals surface area (Å²) in [4.78, 5) is 50.1. The Kier molecular flexibility index (Phi) is 4.57. The van der Waals surface area contributed by atoms with Crippen molar-refractivity contribution < 1.29 is 19.3 Å². The van der Waals surface area contributed by atoms with E-state index in [-0.39, 0.29) is 59.3 Å². The molecule has 3 aliphatic rings. The lowest BCUT2D eigenvalue weighted by atomic mass is 9.73. The molecule has 1 N–H and O–H groups in total. The van der Waals surface area contributed by atoms with E-state index in [2.05, 4.69) is 17.4 Å². The highest BCUT2D eigenvalue weighted by Gasteiger charge is 2.63. The summed E-state index contributed by atoms with van der Waals surface area (Å²) in [5.74, 6) is -1.21. The van der Waals surface area contributed by atoms with Crippen LogP contribution in [0, 0.1) is 33.8 Å². The van der Waals surface area contributed by atoms with Gasteiger partial charge in [0.15, 0.2) is 0 Å². The fraction of sp³-hybridized carbons (Fsp3) is 0.348. The van der Waals surface area contributed by atoms with Crippen LogP contribution in [-0.4, -0.2) is 34.1 Å². The van der Waals surface area contributed by atoms with E-state index < -0.39 is 10.8 Å². The minimum absolute atomic E-state index is 0.124. The molecule has 0 radical (unpaired) electrons. The van der Waals surface area contributed by atoms with Gasteiger partial charge in [0, 0.05) is 17.8 Å². The molecule has 2 aromatic carbocycles. The van der Waals surface area contributed by atoms with Crippen LogP contribution in [0.15, 0.2) is 54.6 Å². The van der Waals surface area contributed by atoms with Gasteiger partial charge in [0.05, 0.1) is 16.8 Å². The Hall–Kier alpha value is -3.55. The molecule has 1 saturated heterocycles. The number of hydrogen-bond acceptors (Lipinski definition) is 5. The van der Waals surface area contributed by atoms with Crippen LogP contribution in [0.5, 0.6) is 0 Å². The Morgan fingerprint density at radius 1 is 1.03 bits per heavy atom. The summed E-state index contributed by atoms with van der Waals surface area (Å²) < 4.78 is 0. The maximum atomic E-state index is 13.1. The summed E-state index contributed by atoms with van der Waals surface area (Å²) >= 11 is 0. The van der Waals surface area contributed by atoms with Crippen molar-refractivity contribution in [1.29, 1.82) is 0 Å².